The molecular formula is C18H15N7O2. The number of amides is 1. The first-order valence-electron chi connectivity index (χ1n) is 8.23. The lowest BCUT2D eigenvalue weighted by Gasteiger charge is -2.07. The van der Waals surface area contributed by atoms with Gasteiger partial charge in [-0.25, -0.2) is 9.67 Å². The van der Waals surface area contributed by atoms with Gasteiger partial charge in [0.05, 0.1) is 41.9 Å². The van der Waals surface area contributed by atoms with Gasteiger partial charge in [0.1, 0.15) is 12.2 Å². The topological polar surface area (TPSA) is 108 Å². The van der Waals surface area contributed by atoms with Crippen LogP contribution in [0.25, 0.3) is 16.6 Å². The third-order valence-electron chi connectivity index (χ3n) is 3.96. The lowest BCUT2D eigenvalue weighted by Crippen LogP contribution is -2.32. The predicted octanol–water partition coefficient (Wildman–Crippen LogP) is 0.689. The molecule has 1 aromatic carbocycles. The van der Waals surface area contributed by atoms with E-state index >= 15 is 0 Å². The number of rotatable bonds is 5. The Morgan fingerprint density at radius 1 is 1.15 bits per heavy atom. The van der Waals surface area contributed by atoms with E-state index in [1.54, 1.807) is 47.5 Å². The third kappa shape index (κ3) is 3.56. The molecule has 0 unspecified atom stereocenters. The maximum Gasteiger partial charge on any atom is 0.261 e. The second kappa shape index (κ2) is 7.16. The Bertz CT molecular complexity index is 1150. The van der Waals surface area contributed by atoms with Gasteiger partial charge < -0.3 is 5.32 Å². The van der Waals surface area contributed by atoms with Crippen molar-refractivity contribution in [2.45, 2.75) is 13.1 Å². The zero-order valence-corrected chi connectivity index (χ0v) is 14.2. The van der Waals surface area contributed by atoms with Crippen molar-refractivity contribution in [2.24, 2.45) is 0 Å². The van der Waals surface area contributed by atoms with Crippen molar-refractivity contribution in [3.63, 3.8) is 0 Å². The molecule has 0 aliphatic heterocycles. The molecule has 0 spiro atoms. The Morgan fingerprint density at radius 3 is 2.89 bits per heavy atom. The van der Waals surface area contributed by atoms with Gasteiger partial charge in [0.15, 0.2) is 0 Å². The average molecular weight is 361 g/mol. The van der Waals surface area contributed by atoms with Crippen molar-refractivity contribution in [1.29, 1.82) is 0 Å². The van der Waals surface area contributed by atoms with E-state index in [1.165, 1.54) is 10.9 Å². The van der Waals surface area contributed by atoms with Gasteiger partial charge >= 0.3 is 0 Å². The second-order valence-corrected chi connectivity index (χ2v) is 5.84. The molecule has 0 saturated carbocycles. The SMILES string of the molecule is O=C(Cn1cnc2ccccc2c1=O)NCc1cn(-c2cccnc2)nn1. The Morgan fingerprint density at radius 2 is 2.04 bits per heavy atom. The fraction of sp³-hybridized carbons (Fsp3) is 0.111. The molecule has 0 bridgehead atoms. The van der Waals surface area contributed by atoms with E-state index in [9.17, 15) is 9.59 Å². The van der Waals surface area contributed by atoms with Crippen LogP contribution in [-0.4, -0.2) is 35.4 Å². The summed E-state index contributed by atoms with van der Waals surface area (Å²) in [4.78, 5) is 32.8. The van der Waals surface area contributed by atoms with Crippen LogP contribution < -0.4 is 10.9 Å². The Kier molecular flexibility index (Phi) is 4.40. The van der Waals surface area contributed by atoms with E-state index in [1.807, 2.05) is 12.1 Å². The molecule has 27 heavy (non-hydrogen) atoms. The summed E-state index contributed by atoms with van der Waals surface area (Å²) in [7, 11) is 0. The van der Waals surface area contributed by atoms with Crippen LogP contribution in [0.5, 0.6) is 0 Å². The summed E-state index contributed by atoms with van der Waals surface area (Å²) in [5.41, 5.74) is 1.72. The number of carbonyl (C=O) groups is 1. The van der Waals surface area contributed by atoms with Crippen LogP contribution in [0.3, 0.4) is 0 Å². The quantitative estimate of drug-likeness (QED) is 0.560. The molecule has 0 atom stereocenters. The van der Waals surface area contributed by atoms with Crippen LogP contribution in [0.1, 0.15) is 5.69 Å². The number of fused-ring (bicyclic) bond motifs is 1. The van der Waals surface area contributed by atoms with Gasteiger partial charge in [-0.3, -0.25) is 19.1 Å². The van der Waals surface area contributed by atoms with Crippen molar-refractivity contribution in [3.8, 4) is 5.69 Å². The van der Waals surface area contributed by atoms with Gasteiger partial charge in [0, 0.05) is 6.20 Å². The highest BCUT2D eigenvalue weighted by Crippen LogP contribution is 2.05. The van der Waals surface area contributed by atoms with Crippen LogP contribution in [-0.2, 0) is 17.9 Å². The fourth-order valence-corrected chi connectivity index (χ4v) is 2.61. The number of nitrogens with zero attached hydrogens (tertiary/aromatic N) is 6. The van der Waals surface area contributed by atoms with Crippen molar-refractivity contribution in [3.05, 3.63) is 77.4 Å². The largest absolute Gasteiger partial charge is 0.349 e. The zero-order valence-electron chi connectivity index (χ0n) is 14.2. The molecule has 0 radical (unpaired) electrons. The highest BCUT2D eigenvalue weighted by molar-refractivity contribution is 5.78. The average Bonchev–Trinajstić information content (AvgIpc) is 3.19. The van der Waals surface area contributed by atoms with E-state index in [-0.39, 0.29) is 24.6 Å². The normalized spacial score (nSPS) is 10.8. The van der Waals surface area contributed by atoms with Crippen molar-refractivity contribution in [1.82, 2.24) is 34.8 Å². The minimum absolute atomic E-state index is 0.118. The molecule has 0 saturated heterocycles. The second-order valence-electron chi connectivity index (χ2n) is 5.84. The number of benzene rings is 1. The minimum Gasteiger partial charge on any atom is -0.349 e. The summed E-state index contributed by atoms with van der Waals surface area (Å²) >= 11 is 0. The number of hydrogen-bond donors (Lipinski definition) is 1. The van der Waals surface area contributed by atoms with E-state index < -0.39 is 0 Å². The molecule has 9 nitrogen and oxygen atoms in total. The van der Waals surface area contributed by atoms with Gasteiger partial charge in [-0.1, -0.05) is 17.3 Å². The van der Waals surface area contributed by atoms with Crippen molar-refractivity contribution in [2.75, 3.05) is 0 Å². The third-order valence-corrected chi connectivity index (χ3v) is 3.96. The molecule has 3 aromatic heterocycles. The number of carbonyl (C=O) groups excluding carboxylic acids is 1. The molecule has 1 amide bonds. The Balaban J connectivity index is 1.41. The maximum atomic E-state index is 12.4. The minimum atomic E-state index is -0.315. The Hall–Kier alpha value is -3.88. The lowest BCUT2D eigenvalue weighted by molar-refractivity contribution is -0.121. The molecular weight excluding hydrogens is 346 g/mol. The molecule has 4 rings (SSSR count). The highest BCUT2D eigenvalue weighted by atomic mass is 16.2. The molecule has 9 heteroatoms. The van der Waals surface area contributed by atoms with Crippen LogP contribution in [0.2, 0.25) is 0 Å². The fourth-order valence-electron chi connectivity index (χ4n) is 2.61. The van der Waals surface area contributed by atoms with E-state index in [0.29, 0.717) is 16.6 Å². The summed E-state index contributed by atoms with van der Waals surface area (Å²) in [6.45, 7) is 0.0856. The van der Waals surface area contributed by atoms with Crippen LogP contribution in [0.4, 0.5) is 0 Å². The van der Waals surface area contributed by atoms with E-state index in [2.05, 4.69) is 25.6 Å². The first kappa shape index (κ1) is 16.6. The van der Waals surface area contributed by atoms with Gasteiger partial charge in [-0.05, 0) is 24.3 Å². The standard InChI is InChI=1S/C18H15N7O2/c26-17(11-24-12-21-16-6-2-1-5-15(16)18(24)27)20-8-13-10-25(23-22-13)14-4-3-7-19-9-14/h1-7,9-10,12H,8,11H2,(H,20,26). The van der Waals surface area contributed by atoms with Crippen LogP contribution in [0.15, 0.2) is 66.1 Å². The number of hydrogen-bond acceptors (Lipinski definition) is 6. The molecule has 0 aliphatic carbocycles. The number of aromatic nitrogens is 6. The lowest BCUT2D eigenvalue weighted by atomic mass is 10.2. The summed E-state index contributed by atoms with van der Waals surface area (Å²) in [6, 6.07) is 10.7. The molecule has 4 aromatic rings. The molecule has 134 valence electrons. The van der Waals surface area contributed by atoms with E-state index in [4.69, 9.17) is 0 Å². The van der Waals surface area contributed by atoms with Crippen molar-refractivity contribution >= 4 is 16.8 Å². The summed E-state index contributed by atoms with van der Waals surface area (Å²) in [5, 5.41) is 11.2. The first-order chi connectivity index (χ1) is 13.2. The van der Waals surface area contributed by atoms with Gasteiger partial charge in [0.2, 0.25) is 5.91 Å². The molecule has 1 N–H and O–H groups in total. The summed E-state index contributed by atoms with van der Waals surface area (Å²) in [6.07, 6.45) is 6.42. The first-order valence-corrected chi connectivity index (χ1v) is 8.23. The highest BCUT2D eigenvalue weighted by Gasteiger charge is 2.09. The number of nitrogens with one attached hydrogen (secondary N) is 1. The molecule has 3 heterocycles. The smallest absolute Gasteiger partial charge is 0.261 e. The van der Waals surface area contributed by atoms with Gasteiger partial charge in [-0.15, -0.1) is 5.10 Å². The maximum absolute atomic E-state index is 12.4. The summed E-state index contributed by atoms with van der Waals surface area (Å²) in [5.74, 6) is -0.315. The Labute approximate surface area is 153 Å². The van der Waals surface area contributed by atoms with Crippen molar-refractivity contribution < 1.29 is 4.79 Å². The number of para-hydroxylation sites is 1. The summed E-state index contributed by atoms with van der Waals surface area (Å²) < 4.78 is 2.86. The van der Waals surface area contributed by atoms with Crippen LogP contribution in [0, 0.1) is 0 Å². The zero-order chi connectivity index (χ0) is 18.6. The van der Waals surface area contributed by atoms with Gasteiger partial charge in [0.25, 0.3) is 5.56 Å². The monoisotopic (exact) mass is 361 g/mol. The molecule has 0 aliphatic rings. The predicted molar refractivity (Wildman–Crippen MR) is 97.0 cm³/mol. The van der Waals surface area contributed by atoms with Crippen LogP contribution >= 0.6 is 0 Å². The van der Waals surface area contributed by atoms with E-state index in [0.717, 1.165) is 5.69 Å². The van der Waals surface area contributed by atoms with Gasteiger partial charge in [-0.2, -0.15) is 0 Å². The number of pyridine rings is 1. The molecule has 0 fully saturated rings.